The number of pyridine rings is 1. The van der Waals surface area contributed by atoms with Crippen LogP contribution in [0.5, 0.6) is 0 Å². The molecular weight excluding hydrogens is 216 g/mol. The quantitative estimate of drug-likeness (QED) is 0.805. The largest absolute Gasteiger partial charge is 0.366 e. The fourth-order valence-corrected chi connectivity index (χ4v) is 1.38. The summed E-state index contributed by atoms with van der Waals surface area (Å²) in [6, 6.07) is 3.64. The van der Waals surface area contributed by atoms with Crippen LogP contribution < -0.4 is 4.90 Å². The van der Waals surface area contributed by atoms with Crippen LogP contribution in [0.1, 0.15) is 27.7 Å². The van der Waals surface area contributed by atoms with E-state index in [1.54, 1.807) is 17.3 Å². The summed E-state index contributed by atoms with van der Waals surface area (Å²) in [7, 11) is 0. The molecule has 4 nitrogen and oxygen atoms in total. The minimum absolute atomic E-state index is 0.0337. The van der Waals surface area contributed by atoms with Crippen LogP contribution in [0.25, 0.3) is 0 Å². The van der Waals surface area contributed by atoms with E-state index in [1.165, 1.54) is 0 Å². The average molecular weight is 236 g/mol. The Hall–Kier alpha value is -1.42. The average Bonchev–Trinajstić information content (AvgIpc) is 2.28. The van der Waals surface area contributed by atoms with Gasteiger partial charge >= 0.3 is 0 Å². The standard InChI is InChI=1S/C13H20N2O2/c1-5-15(11-6-8-14-9-7-11)12(16)10-17-13(2,3)4/h6-9H,5,10H2,1-4H3. The molecule has 0 bridgehead atoms. The third-order valence-electron chi connectivity index (χ3n) is 2.22. The van der Waals surface area contributed by atoms with E-state index in [2.05, 4.69) is 4.98 Å². The summed E-state index contributed by atoms with van der Waals surface area (Å²) in [5.41, 5.74) is 0.554. The van der Waals surface area contributed by atoms with Gasteiger partial charge in [-0.3, -0.25) is 9.78 Å². The molecule has 0 atom stereocenters. The molecule has 0 N–H and O–H groups in total. The first-order valence-corrected chi connectivity index (χ1v) is 5.78. The molecule has 0 saturated carbocycles. The molecule has 1 aromatic rings. The van der Waals surface area contributed by atoms with Crippen LogP contribution in [0.4, 0.5) is 5.69 Å². The van der Waals surface area contributed by atoms with Crippen LogP contribution in [0.3, 0.4) is 0 Å². The van der Waals surface area contributed by atoms with Gasteiger partial charge in [-0.25, -0.2) is 0 Å². The van der Waals surface area contributed by atoms with Crippen LogP contribution in [0.15, 0.2) is 24.5 Å². The second-order valence-electron chi connectivity index (χ2n) is 4.74. The zero-order chi connectivity index (χ0) is 12.9. The summed E-state index contributed by atoms with van der Waals surface area (Å²) < 4.78 is 5.49. The summed E-state index contributed by atoms with van der Waals surface area (Å²) in [6.07, 6.45) is 3.35. The van der Waals surface area contributed by atoms with Crippen molar-refractivity contribution < 1.29 is 9.53 Å². The molecule has 0 unspecified atom stereocenters. The molecule has 1 amide bonds. The molecule has 4 heteroatoms. The molecular formula is C13H20N2O2. The number of likely N-dealkylation sites (N-methyl/N-ethyl adjacent to an activating group) is 1. The van der Waals surface area contributed by atoms with Gasteiger partial charge in [-0.15, -0.1) is 0 Å². The fraction of sp³-hybridized carbons (Fsp3) is 0.538. The highest BCUT2D eigenvalue weighted by Gasteiger charge is 2.17. The first kappa shape index (κ1) is 13.6. The molecule has 1 aromatic heterocycles. The Balaban J connectivity index is 2.66. The molecule has 1 heterocycles. The van der Waals surface area contributed by atoms with Crippen molar-refractivity contribution in [1.82, 2.24) is 4.98 Å². The summed E-state index contributed by atoms with van der Waals surface area (Å²) in [5.74, 6) is -0.0337. The number of rotatable bonds is 4. The molecule has 0 aromatic carbocycles. The summed E-state index contributed by atoms with van der Waals surface area (Å²) in [6.45, 7) is 8.46. The first-order chi connectivity index (χ1) is 7.94. The summed E-state index contributed by atoms with van der Waals surface area (Å²) in [5, 5.41) is 0. The Labute approximate surface area is 103 Å². The van der Waals surface area contributed by atoms with E-state index in [0.717, 1.165) is 5.69 Å². The van der Waals surface area contributed by atoms with Crippen molar-refractivity contribution in [3.05, 3.63) is 24.5 Å². The van der Waals surface area contributed by atoms with Gasteiger partial charge in [0.1, 0.15) is 6.61 Å². The maximum absolute atomic E-state index is 12.0. The van der Waals surface area contributed by atoms with Crippen LogP contribution in [0.2, 0.25) is 0 Å². The minimum Gasteiger partial charge on any atom is -0.366 e. The maximum atomic E-state index is 12.0. The van der Waals surface area contributed by atoms with Gasteiger partial charge < -0.3 is 9.64 Å². The fourth-order valence-electron chi connectivity index (χ4n) is 1.38. The van der Waals surface area contributed by atoms with E-state index in [-0.39, 0.29) is 18.1 Å². The molecule has 0 aliphatic rings. The Morgan fingerprint density at radius 3 is 2.41 bits per heavy atom. The summed E-state index contributed by atoms with van der Waals surface area (Å²) >= 11 is 0. The minimum atomic E-state index is -0.298. The normalized spacial score (nSPS) is 11.3. The maximum Gasteiger partial charge on any atom is 0.252 e. The van der Waals surface area contributed by atoms with Gasteiger partial charge in [0.2, 0.25) is 0 Å². The number of hydrogen-bond acceptors (Lipinski definition) is 3. The number of hydrogen-bond donors (Lipinski definition) is 0. The number of carbonyl (C=O) groups excluding carboxylic acids is 1. The van der Waals surface area contributed by atoms with Gasteiger partial charge in [-0.2, -0.15) is 0 Å². The highest BCUT2D eigenvalue weighted by atomic mass is 16.5. The van der Waals surface area contributed by atoms with Gasteiger partial charge in [-0.1, -0.05) is 0 Å². The summed E-state index contributed by atoms with van der Waals surface area (Å²) in [4.78, 5) is 17.6. The van der Waals surface area contributed by atoms with E-state index in [4.69, 9.17) is 4.74 Å². The lowest BCUT2D eigenvalue weighted by Crippen LogP contribution is -2.36. The predicted molar refractivity (Wildman–Crippen MR) is 68.0 cm³/mol. The molecule has 0 radical (unpaired) electrons. The van der Waals surface area contributed by atoms with Crippen LogP contribution in [-0.4, -0.2) is 29.6 Å². The molecule has 1 rings (SSSR count). The van der Waals surface area contributed by atoms with Crippen molar-refractivity contribution in [3.63, 3.8) is 0 Å². The van der Waals surface area contributed by atoms with Crippen LogP contribution in [-0.2, 0) is 9.53 Å². The van der Waals surface area contributed by atoms with Crippen LogP contribution in [0, 0.1) is 0 Å². The predicted octanol–water partition coefficient (Wildman–Crippen LogP) is 2.25. The van der Waals surface area contributed by atoms with E-state index in [0.29, 0.717) is 6.54 Å². The lowest BCUT2D eigenvalue weighted by molar-refractivity contribution is -0.127. The molecule has 0 spiro atoms. The van der Waals surface area contributed by atoms with Crippen molar-refractivity contribution in [2.24, 2.45) is 0 Å². The zero-order valence-corrected chi connectivity index (χ0v) is 10.9. The Bertz CT molecular complexity index is 357. The van der Waals surface area contributed by atoms with Crippen molar-refractivity contribution in [3.8, 4) is 0 Å². The second kappa shape index (κ2) is 5.77. The third kappa shape index (κ3) is 4.53. The Morgan fingerprint density at radius 1 is 1.35 bits per heavy atom. The molecule has 0 fully saturated rings. The highest BCUT2D eigenvalue weighted by molar-refractivity contribution is 5.94. The van der Waals surface area contributed by atoms with E-state index < -0.39 is 0 Å². The number of amides is 1. The lowest BCUT2D eigenvalue weighted by atomic mass is 10.2. The zero-order valence-electron chi connectivity index (χ0n) is 10.9. The molecule has 0 aliphatic carbocycles. The Morgan fingerprint density at radius 2 is 1.94 bits per heavy atom. The van der Waals surface area contributed by atoms with Gasteiger partial charge in [0, 0.05) is 24.6 Å². The van der Waals surface area contributed by atoms with E-state index >= 15 is 0 Å². The topological polar surface area (TPSA) is 42.4 Å². The smallest absolute Gasteiger partial charge is 0.252 e. The second-order valence-corrected chi connectivity index (χ2v) is 4.74. The Kier molecular flexibility index (Phi) is 4.63. The van der Waals surface area contributed by atoms with Gasteiger partial charge in [0.05, 0.1) is 5.60 Å². The van der Waals surface area contributed by atoms with Crippen molar-refractivity contribution in [2.75, 3.05) is 18.1 Å². The van der Waals surface area contributed by atoms with Gasteiger partial charge in [-0.05, 0) is 39.8 Å². The number of nitrogens with zero attached hydrogens (tertiary/aromatic N) is 2. The number of carbonyl (C=O) groups is 1. The van der Waals surface area contributed by atoms with Crippen molar-refractivity contribution in [2.45, 2.75) is 33.3 Å². The molecule has 0 saturated heterocycles. The third-order valence-corrected chi connectivity index (χ3v) is 2.22. The first-order valence-electron chi connectivity index (χ1n) is 5.78. The number of ether oxygens (including phenoxy) is 1. The van der Waals surface area contributed by atoms with Crippen LogP contribution >= 0.6 is 0 Å². The monoisotopic (exact) mass is 236 g/mol. The van der Waals surface area contributed by atoms with E-state index in [1.807, 2.05) is 39.8 Å². The SMILES string of the molecule is CCN(C(=O)COC(C)(C)C)c1ccncc1. The van der Waals surface area contributed by atoms with Gasteiger partial charge in [0.25, 0.3) is 5.91 Å². The van der Waals surface area contributed by atoms with Crippen molar-refractivity contribution in [1.29, 1.82) is 0 Å². The number of anilines is 1. The number of aromatic nitrogens is 1. The molecule has 17 heavy (non-hydrogen) atoms. The van der Waals surface area contributed by atoms with Crippen molar-refractivity contribution >= 4 is 11.6 Å². The lowest BCUT2D eigenvalue weighted by Gasteiger charge is -2.24. The van der Waals surface area contributed by atoms with E-state index in [9.17, 15) is 4.79 Å². The molecule has 94 valence electrons. The molecule has 0 aliphatic heterocycles. The highest BCUT2D eigenvalue weighted by Crippen LogP contribution is 2.13. The van der Waals surface area contributed by atoms with Gasteiger partial charge in [0.15, 0.2) is 0 Å².